The molecule has 1 amide bonds. The van der Waals surface area contributed by atoms with Gasteiger partial charge in [0.1, 0.15) is 5.25 Å². The van der Waals surface area contributed by atoms with E-state index in [1.165, 1.54) is 4.90 Å². The van der Waals surface area contributed by atoms with Crippen LogP contribution in [0.1, 0.15) is 32.1 Å². The van der Waals surface area contributed by atoms with E-state index in [4.69, 9.17) is 10.9 Å². The fraction of sp³-hybridized carbons (Fsp3) is 0.818. The van der Waals surface area contributed by atoms with Gasteiger partial charge >= 0.3 is 0 Å². The van der Waals surface area contributed by atoms with Gasteiger partial charge < -0.3 is 15.8 Å². The van der Waals surface area contributed by atoms with Crippen molar-refractivity contribution in [3.63, 3.8) is 0 Å². The Morgan fingerprint density at radius 2 is 2.00 bits per heavy atom. The van der Waals surface area contributed by atoms with Crippen molar-refractivity contribution in [2.45, 2.75) is 43.4 Å². The van der Waals surface area contributed by atoms with Crippen LogP contribution >= 0.6 is 0 Å². The van der Waals surface area contributed by atoms with Gasteiger partial charge in [-0.15, -0.1) is 0 Å². The Labute approximate surface area is 112 Å². The van der Waals surface area contributed by atoms with E-state index in [2.05, 4.69) is 5.16 Å². The first-order valence-electron chi connectivity index (χ1n) is 6.47. The van der Waals surface area contributed by atoms with Crippen molar-refractivity contribution in [2.75, 3.05) is 12.3 Å². The second kappa shape index (κ2) is 5.36. The summed E-state index contributed by atoms with van der Waals surface area (Å²) in [5, 5.41) is 10.7. The van der Waals surface area contributed by atoms with Gasteiger partial charge in [0.05, 0.1) is 11.8 Å². The predicted octanol–water partition coefficient (Wildman–Crippen LogP) is -0.309. The third kappa shape index (κ3) is 2.68. The Balaban J connectivity index is 2.19. The molecule has 0 aromatic heterocycles. The molecule has 0 aromatic carbocycles. The summed E-state index contributed by atoms with van der Waals surface area (Å²) in [5.41, 5.74) is 5.56. The number of nitrogens with zero attached hydrogens (tertiary/aromatic N) is 2. The first kappa shape index (κ1) is 14.1. The minimum absolute atomic E-state index is 0.0287. The van der Waals surface area contributed by atoms with Gasteiger partial charge in [-0.3, -0.25) is 4.79 Å². The second-order valence-electron chi connectivity index (χ2n) is 5.07. The highest BCUT2D eigenvalue weighted by molar-refractivity contribution is 7.92. The average molecular weight is 289 g/mol. The Morgan fingerprint density at radius 3 is 2.63 bits per heavy atom. The van der Waals surface area contributed by atoms with Crippen molar-refractivity contribution in [3.8, 4) is 0 Å². The lowest BCUT2D eigenvalue weighted by molar-refractivity contribution is -0.130. The number of hydrogen-bond acceptors (Lipinski definition) is 5. The molecule has 2 atom stereocenters. The van der Waals surface area contributed by atoms with E-state index >= 15 is 0 Å². The molecule has 2 saturated heterocycles. The molecule has 0 radical (unpaired) electrons. The lowest BCUT2D eigenvalue weighted by Crippen LogP contribution is -2.50. The largest absolute Gasteiger partial charge is 0.409 e. The second-order valence-corrected chi connectivity index (χ2v) is 7.37. The van der Waals surface area contributed by atoms with Gasteiger partial charge in [0.2, 0.25) is 5.91 Å². The van der Waals surface area contributed by atoms with Crippen LogP contribution in [0.25, 0.3) is 0 Å². The van der Waals surface area contributed by atoms with Gasteiger partial charge in [-0.05, 0) is 25.7 Å². The van der Waals surface area contributed by atoms with E-state index in [1.54, 1.807) is 0 Å². The zero-order valence-corrected chi connectivity index (χ0v) is 11.5. The number of carbonyl (C=O) groups is 1. The standard InChI is InChI=1S/C11H19N3O4S/c12-10(13-16)8-4-3-6-14(8)11(15)9-5-1-2-7-19(9,17)18/h8-9,16H,1-7H2,(H2,12,13). The van der Waals surface area contributed by atoms with Gasteiger partial charge in [-0.25, -0.2) is 8.42 Å². The lowest BCUT2D eigenvalue weighted by atomic mass is 10.1. The van der Waals surface area contributed by atoms with Crippen molar-refractivity contribution >= 4 is 21.6 Å². The maximum atomic E-state index is 12.4. The summed E-state index contributed by atoms with van der Waals surface area (Å²) in [5.74, 6) is -0.348. The molecule has 0 saturated carbocycles. The first-order valence-corrected chi connectivity index (χ1v) is 8.18. The molecule has 2 unspecified atom stereocenters. The molecule has 108 valence electrons. The molecule has 8 heteroatoms. The monoisotopic (exact) mass is 289 g/mol. The molecule has 2 heterocycles. The number of carbonyl (C=O) groups excluding carboxylic acids is 1. The number of oxime groups is 1. The summed E-state index contributed by atoms with van der Waals surface area (Å²) in [4.78, 5) is 13.8. The zero-order valence-electron chi connectivity index (χ0n) is 10.7. The maximum Gasteiger partial charge on any atom is 0.241 e. The molecule has 0 spiro atoms. The highest BCUT2D eigenvalue weighted by Crippen LogP contribution is 2.25. The van der Waals surface area contributed by atoms with Gasteiger partial charge in [-0.1, -0.05) is 11.6 Å². The van der Waals surface area contributed by atoms with Crippen molar-refractivity contribution in [2.24, 2.45) is 10.9 Å². The predicted molar refractivity (Wildman–Crippen MR) is 69.6 cm³/mol. The molecule has 0 aromatic rings. The summed E-state index contributed by atoms with van der Waals surface area (Å²) in [6.07, 6.45) is 3.09. The quantitative estimate of drug-likeness (QED) is 0.313. The van der Waals surface area contributed by atoms with Crippen molar-refractivity contribution in [1.82, 2.24) is 4.90 Å². The summed E-state index contributed by atoms with van der Waals surface area (Å²) >= 11 is 0. The van der Waals surface area contributed by atoms with Gasteiger partial charge in [0.15, 0.2) is 15.7 Å². The molecule has 0 bridgehead atoms. The smallest absolute Gasteiger partial charge is 0.241 e. The highest BCUT2D eigenvalue weighted by atomic mass is 32.2. The number of likely N-dealkylation sites (tertiary alicyclic amines) is 1. The molecule has 0 aliphatic carbocycles. The number of amides is 1. The Kier molecular flexibility index (Phi) is 3.98. The third-order valence-corrected chi connectivity index (χ3v) is 6.01. The van der Waals surface area contributed by atoms with E-state index in [9.17, 15) is 13.2 Å². The van der Waals surface area contributed by atoms with Crippen LogP contribution in [0.2, 0.25) is 0 Å². The van der Waals surface area contributed by atoms with Crippen LogP contribution < -0.4 is 5.73 Å². The van der Waals surface area contributed by atoms with Gasteiger partial charge in [0, 0.05) is 6.54 Å². The van der Waals surface area contributed by atoms with Crippen molar-refractivity contribution in [3.05, 3.63) is 0 Å². The normalized spacial score (nSPS) is 31.4. The topological polar surface area (TPSA) is 113 Å². The number of rotatable bonds is 2. The highest BCUT2D eigenvalue weighted by Gasteiger charge is 2.41. The van der Waals surface area contributed by atoms with Crippen LogP contribution in [0.15, 0.2) is 5.16 Å². The fourth-order valence-electron chi connectivity index (χ4n) is 2.82. The summed E-state index contributed by atoms with van der Waals surface area (Å²) in [6.45, 7) is 0.464. The number of hydrogen-bond donors (Lipinski definition) is 2. The van der Waals surface area contributed by atoms with E-state index < -0.39 is 27.0 Å². The number of amidine groups is 1. The minimum atomic E-state index is -3.35. The molecular formula is C11H19N3O4S. The molecular weight excluding hydrogens is 270 g/mol. The molecule has 2 aliphatic heterocycles. The fourth-order valence-corrected chi connectivity index (χ4v) is 4.68. The maximum absolute atomic E-state index is 12.4. The van der Waals surface area contributed by atoms with Crippen LogP contribution in [0.4, 0.5) is 0 Å². The van der Waals surface area contributed by atoms with E-state index in [1.807, 2.05) is 0 Å². The molecule has 2 aliphatic rings. The van der Waals surface area contributed by atoms with Gasteiger partial charge in [-0.2, -0.15) is 0 Å². The first-order chi connectivity index (χ1) is 8.97. The Hall–Kier alpha value is -1.31. The molecule has 3 N–H and O–H groups in total. The van der Waals surface area contributed by atoms with Gasteiger partial charge in [0.25, 0.3) is 0 Å². The summed E-state index contributed by atoms with van der Waals surface area (Å²) < 4.78 is 23.9. The molecule has 19 heavy (non-hydrogen) atoms. The van der Waals surface area contributed by atoms with Crippen LogP contribution in [0, 0.1) is 0 Å². The zero-order chi connectivity index (χ0) is 14.0. The molecule has 7 nitrogen and oxygen atoms in total. The van der Waals surface area contributed by atoms with E-state index in [-0.39, 0.29) is 11.6 Å². The van der Waals surface area contributed by atoms with Crippen LogP contribution in [0.3, 0.4) is 0 Å². The van der Waals surface area contributed by atoms with Crippen LogP contribution in [0.5, 0.6) is 0 Å². The van der Waals surface area contributed by atoms with Crippen molar-refractivity contribution < 1.29 is 18.4 Å². The third-order valence-electron chi connectivity index (χ3n) is 3.85. The number of sulfone groups is 1. The van der Waals surface area contributed by atoms with E-state index in [0.29, 0.717) is 25.8 Å². The van der Waals surface area contributed by atoms with Crippen LogP contribution in [-0.2, 0) is 14.6 Å². The van der Waals surface area contributed by atoms with Crippen molar-refractivity contribution in [1.29, 1.82) is 0 Å². The van der Waals surface area contributed by atoms with E-state index in [0.717, 1.165) is 12.8 Å². The molecule has 2 rings (SSSR count). The minimum Gasteiger partial charge on any atom is -0.409 e. The lowest BCUT2D eigenvalue weighted by Gasteiger charge is -2.29. The number of nitrogens with two attached hydrogens (primary N) is 1. The summed E-state index contributed by atoms with van der Waals surface area (Å²) in [6, 6.07) is -0.477. The SMILES string of the molecule is NC(=NO)C1CCCN1C(=O)C1CCCCS1(=O)=O. The Morgan fingerprint density at radius 1 is 1.26 bits per heavy atom. The Bertz CT molecular complexity index is 488. The average Bonchev–Trinajstić information content (AvgIpc) is 2.85. The molecule has 2 fully saturated rings. The van der Waals surface area contributed by atoms with Crippen LogP contribution in [-0.4, -0.2) is 53.9 Å². The summed E-state index contributed by atoms with van der Waals surface area (Å²) in [7, 11) is -3.35.